The summed E-state index contributed by atoms with van der Waals surface area (Å²) in [6.07, 6.45) is 3.07. The molecule has 1 atom stereocenters. The normalized spacial score (nSPS) is 21.0. The molecule has 2 fully saturated rings. The van der Waals surface area contributed by atoms with Crippen LogP contribution in [0.2, 0.25) is 0 Å². The highest BCUT2D eigenvalue weighted by Gasteiger charge is 2.33. The minimum absolute atomic E-state index is 0.0927. The highest BCUT2D eigenvalue weighted by Crippen LogP contribution is 2.38. The van der Waals surface area contributed by atoms with Crippen LogP contribution in [0.4, 0.5) is 4.39 Å². The van der Waals surface area contributed by atoms with E-state index in [4.69, 9.17) is 4.74 Å². The zero-order valence-corrected chi connectivity index (χ0v) is 15.0. The Hall–Kier alpha value is -2.06. The molecule has 4 rings (SSSR count). The van der Waals surface area contributed by atoms with Crippen molar-refractivity contribution in [2.45, 2.75) is 30.1 Å². The Labute approximate surface area is 152 Å². The predicted octanol–water partition coefficient (Wildman–Crippen LogP) is 2.58. The number of halogens is 1. The van der Waals surface area contributed by atoms with Crippen LogP contribution in [-0.2, 0) is 10.0 Å². The maximum atomic E-state index is 13.0. The van der Waals surface area contributed by atoms with Crippen LogP contribution in [0, 0.1) is 11.7 Å². The van der Waals surface area contributed by atoms with Crippen LogP contribution in [-0.4, -0.2) is 42.6 Å². The van der Waals surface area contributed by atoms with Gasteiger partial charge in [0, 0.05) is 31.0 Å². The smallest absolute Gasteiger partial charge is 0.243 e. The zero-order chi connectivity index (χ0) is 18.1. The second-order valence-corrected chi connectivity index (χ2v) is 8.79. The molecule has 1 unspecified atom stereocenters. The van der Waals surface area contributed by atoms with Crippen molar-refractivity contribution in [1.82, 2.24) is 14.5 Å². The van der Waals surface area contributed by atoms with Gasteiger partial charge in [-0.25, -0.2) is 12.8 Å². The van der Waals surface area contributed by atoms with E-state index in [-0.39, 0.29) is 10.8 Å². The molecule has 8 heteroatoms. The highest BCUT2D eigenvalue weighted by molar-refractivity contribution is 7.89. The third-order valence-corrected chi connectivity index (χ3v) is 6.70. The van der Waals surface area contributed by atoms with E-state index < -0.39 is 15.8 Å². The fraction of sp³-hybridized carbons (Fsp3) is 0.444. The molecule has 0 radical (unpaired) electrons. The Morgan fingerprint density at radius 2 is 1.85 bits per heavy atom. The van der Waals surface area contributed by atoms with E-state index in [2.05, 4.69) is 10.2 Å². The molecule has 138 valence electrons. The molecule has 2 aliphatic rings. The van der Waals surface area contributed by atoms with Crippen LogP contribution in [0.3, 0.4) is 0 Å². The number of hydrogen-bond donors (Lipinski definition) is 0. The van der Waals surface area contributed by atoms with Crippen LogP contribution in [0.25, 0.3) is 0 Å². The van der Waals surface area contributed by atoms with E-state index in [1.54, 1.807) is 0 Å². The number of hydrogen-bond acceptors (Lipinski definition) is 5. The van der Waals surface area contributed by atoms with E-state index in [1.807, 2.05) is 12.1 Å². The highest BCUT2D eigenvalue weighted by atomic mass is 32.2. The quantitative estimate of drug-likeness (QED) is 0.774. The summed E-state index contributed by atoms with van der Waals surface area (Å²) in [7, 11) is -3.60. The van der Waals surface area contributed by atoms with Crippen LogP contribution in [0.1, 0.15) is 30.9 Å². The first kappa shape index (κ1) is 17.4. The van der Waals surface area contributed by atoms with E-state index >= 15 is 0 Å². The van der Waals surface area contributed by atoms with Gasteiger partial charge >= 0.3 is 0 Å². The van der Waals surface area contributed by atoms with Crippen molar-refractivity contribution in [2.24, 2.45) is 5.92 Å². The van der Waals surface area contributed by atoms with Crippen molar-refractivity contribution in [1.29, 1.82) is 0 Å². The van der Waals surface area contributed by atoms with E-state index in [1.165, 1.54) is 29.3 Å². The Bertz CT molecular complexity index is 868. The van der Waals surface area contributed by atoms with Crippen molar-refractivity contribution < 1.29 is 17.5 Å². The topological polar surface area (TPSA) is 72.4 Å². The zero-order valence-electron chi connectivity index (χ0n) is 14.2. The van der Waals surface area contributed by atoms with Gasteiger partial charge < -0.3 is 4.74 Å². The molecular formula is C18H20FN3O3S. The van der Waals surface area contributed by atoms with Gasteiger partial charge in [-0.1, -0.05) is 0 Å². The van der Waals surface area contributed by atoms with Gasteiger partial charge in [-0.3, -0.25) is 0 Å². The molecule has 0 N–H and O–H groups in total. The Morgan fingerprint density at radius 3 is 2.50 bits per heavy atom. The minimum atomic E-state index is -3.60. The third-order valence-electron chi connectivity index (χ3n) is 4.82. The summed E-state index contributed by atoms with van der Waals surface area (Å²) in [4.78, 5) is 0.113. The SMILES string of the molecule is O=S(=O)(c1ccc(F)cc1)N1CCC(COc2ccc(C3CC3)nn2)C1. The molecule has 1 aromatic heterocycles. The molecule has 0 amide bonds. The molecule has 1 saturated carbocycles. The first-order valence-corrected chi connectivity index (χ1v) is 10.2. The first-order valence-electron chi connectivity index (χ1n) is 8.74. The number of sulfonamides is 1. The van der Waals surface area contributed by atoms with Gasteiger partial charge in [0.1, 0.15) is 5.82 Å². The molecule has 0 spiro atoms. The molecule has 0 bridgehead atoms. The van der Waals surface area contributed by atoms with Crippen LogP contribution in [0.15, 0.2) is 41.3 Å². The minimum Gasteiger partial charge on any atom is -0.476 e. The summed E-state index contributed by atoms with van der Waals surface area (Å²) in [6.45, 7) is 1.21. The van der Waals surface area contributed by atoms with Gasteiger partial charge in [0.2, 0.25) is 15.9 Å². The Kier molecular flexibility index (Phi) is 4.62. The molecule has 1 saturated heterocycles. The lowest BCUT2D eigenvalue weighted by Gasteiger charge is -2.16. The maximum absolute atomic E-state index is 13.0. The largest absolute Gasteiger partial charge is 0.476 e. The lowest BCUT2D eigenvalue weighted by Crippen LogP contribution is -2.29. The number of benzene rings is 1. The molecule has 1 aliphatic heterocycles. The van der Waals surface area contributed by atoms with Crippen LogP contribution in [0.5, 0.6) is 5.88 Å². The second-order valence-electron chi connectivity index (χ2n) is 6.85. The maximum Gasteiger partial charge on any atom is 0.243 e. The fourth-order valence-corrected chi connectivity index (χ4v) is 4.65. The van der Waals surface area contributed by atoms with Crippen molar-refractivity contribution in [3.63, 3.8) is 0 Å². The molecule has 6 nitrogen and oxygen atoms in total. The predicted molar refractivity (Wildman–Crippen MR) is 92.8 cm³/mol. The molecule has 1 aliphatic carbocycles. The van der Waals surface area contributed by atoms with Crippen molar-refractivity contribution in [3.8, 4) is 5.88 Å². The van der Waals surface area contributed by atoms with Gasteiger partial charge in [-0.05, 0) is 49.6 Å². The summed E-state index contributed by atoms with van der Waals surface area (Å²) >= 11 is 0. The first-order chi connectivity index (χ1) is 12.5. The average molecular weight is 377 g/mol. The summed E-state index contributed by atoms with van der Waals surface area (Å²) in [5.41, 5.74) is 1.01. The lowest BCUT2D eigenvalue weighted by molar-refractivity contribution is 0.243. The lowest BCUT2D eigenvalue weighted by atomic mass is 10.1. The fourth-order valence-electron chi connectivity index (χ4n) is 3.11. The molecule has 1 aromatic carbocycles. The van der Waals surface area contributed by atoms with Gasteiger partial charge in [0.05, 0.1) is 17.2 Å². The van der Waals surface area contributed by atoms with E-state index in [0.717, 1.165) is 17.8 Å². The number of ether oxygens (including phenoxy) is 1. The van der Waals surface area contributed by atoms with Gasteiger partial charge in [-0.2, -0.15) is 9.40 Å². The second kappa shape index (κ2) is 6.92. The van der Waals surface area contributed by atoms with Gasteiger partial charge in [-0.15, -0.1) is 5.10 Å². The number of nitrogens with zero attached hydrogens (tertiary/aromatic N) is 3. The molecule has 2 aromatic rings. The average Bonchev–Trinajstić information content (AvgIpc) is 3.38. The third kappa shape index (κ3) is 3.71. The monoisotopic (exact) mass is 377 g/mol. The summed E-state index contributed by atoms with van der Waals surface area (Å²) in [6, 6.07) is 8.68. The summed E-state index contributed by atoms with van der Waals surface area (Å²) < 4.78 is 45.3. The number of aromatic nitrogens is 2. The molecule has 26 heavy (non-hydrogen) atoms. The summed E-state index contributed by atoms with van der Waals surface area (Å²) in [5, 5.41) is 8.26. The van der Waals surface area contributed by atoms with Crippen molar-refractivity contribution >= 4 is 10.0 Å². The van der Waals surface area contributed by atoms with Crippen LogP contribution >= 0.6 is 0 Å². The van der Waals surface area contributed by atoms with Gasteiger partial charge in [0.25, 0.3) is 0 Å². The van der Waals surface area contributed by atoms with Crippen molar-refractivity contribution in [3.05, 3.63) is 47.9 Å². The van der Waals surface area contributed by atoms with E-state index in [0.29, 0.717) is 37.9 Å². The van der Waals surface area contributed by atoms with Gasteiger partial charge in [0.15, 0.2) is 0 Å². The molecular weight excluding hydrogens is 357 g/mol. The summed E-state index contributed by atoms with van der Waals surface area (Å²) in [5.74, 6) is 0.659. The Balaban J connectivity index is 1.33. The van der Waals surface area contributed by atoms with Crippen molar-refractivity contribution in [2.75, 3.05) is 19.7 Å². The van der Waals surface area contributed by atoms with E-state index in [9.17, 15) is 12.8 Å². The Morgan fingerprint density at radius 1 is 1.08 bits per heavy atom. The molecule has 2 heterocycles. The number of rotatable bonds is 6. The van der Waals surface area contributed by atoms with Crippen LogP contribution < -0.4 is 4.74 Å². The standard InChI is InChI=1S/C18H20FN3O3S/c19-15-3-5-16(6-4-15)26(23,24)22-10-9-13(11-22)12-25-18-8-7-17(20-21-18)14-1-2-14/h3-8,13-14H,1-2,9-12H2.